The lowest BCUT2D eigenvalue weighted by Gasteiger charge is -2.37. The van der Waals surface area contributed by atoms with E-state index in [0.29, 0.717) is 5.56 Å². The molecule has 0 saturated heterocycles. The van der Waals surface area contributed by atoms with Crippen molar-refractivity contribution >= 4 is 30.5 Å². The topological polar surface area (TPSA) is 26.3 Å². The van der Waals surface area contributed by atoms with Crippen molar-refractivity contribution in [2.75, 3.05) is 0 Å². The van der Waals surface area contributed by atoms with E-state index in [1.165, 1.54) is 5.56 Å². The van der Waals surface area contributed by atoms with Crippen molar-refractivity contribution in [1.29, 1.82) is 0 Å². The van der Waals surface area contributed by atoms with Gasteiger partial charge in [0.25, 0.3) is 0 Å². The van der Waals surface area contributed by atoms with E-state index in [2.05, 4.69) is 61.9 Å². The Morgan fingerprint density at radius 1 is 1.12 bits per heavy atom. The smallest absolute Gasteiger partial charge is 0.250 e. The van der Waals surface area contributed by atoms with Crippen LogP contribution in [0.15, 0.2) is 46.9 Å². The summed E-state index contributed by atoms with van der Waals surface area (Å²) in [5.41, 5.74) is 2.98. The van der Waals surface area contributed by atoms with E-state index in [1.54, 1.807) is 0 Å². The molecule has 0 saturated carbocycles. The first-order valence-electron chi connectivity index (χ1n) is 8.14. The third kappa shape index (κ3) is 4.58. The van der Waals surface area contributed by atoms with Gasteiger partial charge in [-0.05, 0) is 47.5 Å². The van der Waals surface area contributed by atoms with Gasteiger partial charge in [0.15, 0.2) is 0 Å². The Labute approximate surface area is 154 Å². The zero-order chi connectivity index (χ0) is 18.0. The van der Waals surface area contributed by atoms with E-state index < -0.39 is 8.32 Å². The predicted molar refractivity (Wildman–Crippen MR) is 107 cm³/mol. The van der Waals surface area contributed by atoms with Crippen LogP contribution in [0, 0.1) is 0 Å². The summed E-state index contributed by atoms with van der Waals surface area (Å²) in [6.45, 7) is 11.1. The van der Waals surface area contributed by atoms with Crippen LogP contribution in [-0.4, -0.2) is 14.6 Å². The fraction of sp³-hybridized carbons (Fsp3) is 0.350. The van der Waals surface area contributed by atoms with E-state index in [-0.39, 0.29) is 5.04 Å². The minimum Gasteiger partial charge on any atom is -0.543 e. The molecule has 0 unspecified atom stereocenters. The number of carbonyl (C=O) groups is 1. The average Bonchev–Trinajstić information content (AvgIpc) is 2.47. The van der Waals surface area contributed by atoms with Gasteiger partial charge >= 0.3 is 0 Å². The average molecular weight is 405 g/mol. The first-order valence-corrected chi connectivity index (χ1v) is 11.8. The molecule has 0 spiro atoms. The number of hydrogen-bond donors (Lipinski definition) is 0. The summed E-state index contributed by atoms with van der Waals surface area (Å²) in [6.07, 6.45) is 1.66. The number of benzene rings is 2. The third-order valence-corrected chi connectivity index (χ3v) is 9.52. The molecule has 0 radical (unpaired) electrons. The van der Waals surface area contributed by atoms with E-state index in [4.69, 9.17) is 4.43 Å². The number of rotatable bonds is 5. The van der Waals surface area contributed by atoms with Crippen LogP contribution in [0.1, 0.15) is 42.3 Å². The standard InChI is InChI=1S/C20H25BrO2Si/c1-20(2,3)24(4,5)23-19-13-16(14-22)9-10-17(19)11-15-7-6-8-18(21)12-15/h6-10,12-14H,11H2,1-5H3. The Balaban J connectivity index is 2.39. The minimum absolute atomic E-state index is 0.108. The van der Waals surface area contributed by atoms with Gasteiger partial charge in [-0.3, -0.25) is 4.79 Å². The molecule has 0 aliphatic carbocycles. The van der Waals surface area contributed by atoms with Gasteiger partial charge in [0, 0.05) is 16.5 Å². The van der Waals surface area contributed by atoms with Gasteiger partial charge in [0.05, 0.1) is 0 Å². The normalized spacial score (nSPS) is 12.1. The SMILES string of the molecule is CC(C)(C)[Si](C)(C)Oc1cc(C=O)ccc1Cc1cccc(Br)c1. The molecule has 0 aliphatic heterocycles. The molecule has 0 aliphatic rings. The zero-order valence-corrected chi connectivity index (χ0v) is 17.6. The van der Waals surface area contributed by atoms with Gasteiger partial charge in [-0.1, -0.05) is 61.0 Å². The monoisotopic (exact) mass is 404 g/mol. The van der Waals surface area contributed by atoms with Crippen LogP contribution in [0.2, 0.25) is 18.1 Å². The summed E-state index contributed by atoms with van der Waals surface area (Å²) in [4.78, 5) is 11.2. The lowest BCUT2D eigenvalue weighted by molar-refractivity contribution is 0.112. The highest BCUT2D eigenvalue weighted by Crippen LogP contribution is 2.38. The first-order chi connectivity index (χ1) is 11.1. The number of aldehydes is 1. The highest BCUT2D eigenvalue weighted by atomic mass is 79.9. The lowest BCUT2D eigenvalue weighted by atomic mass is 10.0. The summed E-state index contributed by atoms with van der Waals surface area (Å²) in [5.74, 6) is 0.839. The van der Waals surface area contributed by atoms with Gasteiger partial charge in [-0.15, -0.1) is 0 Å². The Hall–Kier alpha value is -1.39. The van der Waals surface area contributed by atoms with E-state index >= 15 is 0 Å². The van der Waals surface area contributed by atoms with Gasteiger partial charge in [0.1, 0.15) is 12.0 Å². The molecular weight excluding hydrogens is 380 g/mol. The van der Waals surface area contributed by atoms with Crippen molar-refractivity contribution in [3.8, 4) is 5.75 Å². The molecular formula is C20H25BrO2Si. The summed E-state index contributed by atoms with van der Waals surface area (Å²) in [7, 11) is -1.97. The molecule has 0 fully saturated rings. The van der Waals surface area contributed by atoms with Crippen LogP contribution in [0.25, 0.3) is 0 Å². The number of hydrogen-bond acceptors (Lipinski definition) is 2. The Kier molecular flexibility index (Phi) is 5.71. The van der Waals surface area contributed by atoms with Crippen LogP contribution in [0.3, 0.4) is 0 Å². The number of halogens is 1. The Morgan fingerprint density at radius 3 is 2.42 bits per heavy atom. The minimum atomic E-state index is -1.97. The van der Waals surface area contributed by atoms with Crippen LogP contribution in [-0.2, 0) is 6.42 Å². The molecule has 0 amide bonds. The van der Waals surface area contributed by atoms with Crippen molar-refractivity contribution in [3.05, 3.63) is 63.6 Å². The summed E-state index contributed by atoms with van der Waals surface area (Å²) >= 11 is 3.52. The summed E-state index contributed by atoms with van der Waals surface area (Å²) in [6, 6.07) is 14.0. The highest BCUT2D eigenvalue weighted by Gasteiger charge is 2.39. The second kappa shape index (κ2) is 7.24. The molecule has 2 aromatic carbocycles. The van der Waals surface area contributed by atoms with Gasteiger partial charge in [-0.25, -0.2) is 0 Å². The zero-order valence-electron chi connectivity index (χ0n) is 15.0. The van der Waals surface area contributed by atoms with Gasteiger partial charge in [-0.2, -0.15) is 0 Å². The molecule has 2 rings (SSSR count). The molecule has 24 heavy (non-hydrogen) atoms. The highest BCUT2D eigenvalue weighted by molar-refractivity contribution is 9.10. The predicted octanol–water partition coefficient (Wildman–Crippen LogP) is 6.24. The molecule has 128 valence electrons. The summed E-state index contributed by atoms with van der Waals surface area (Å²) in [5, 5.41) is 0.108. The second-order valence-corrected chi connectivity index (χ2v) is 13.3. The van der Waals surface area contributed by atoms with Crippen LogP contribution in [0.5, 0.6) is 5.75 Å². The Morgan fingerprint density at radius 2 is 1.83 bits per heavy atom. The fourth-order valence-corrected chi connectivity index (χ4v) is 3.67. The second-order valence-electron chi connectivity index (χ2n) is 7.65. The molecule has 4 heteroatoms. The van der Waals surface area contributed by atoms with E-state index in [1.807, 2.05) is 30.3 Å². The maximum absolute atomic E-state index is 11.2. The Bertz CT molecular complexity index is 733. The van der Waals surface area contributed by atoms with Crippen LogP contribution < -0.4 is 4.43 Å². The van der Waals surface area contributed by atoms with E-state index in [0.717, 1.165) is 28.5 Å². The maximum atomic E-state index is 11.2. The molecule has 2 aromatic rings. The molecule has 0 bridgehead atoms. The van der Waals surface area contributed by atoms with Crippen molar-refractivity contribution in [2.45, 2.75) is 45.3 Å². The number of carbonyl (C=O) groups excluding carboxylic acids is 1. The van der Waals surface area contributed by atoms with Crippen molar-refractivity contribution in [2.24, 2.45) is 0 Å². The van der Waals surface area contributed by atoms with Gasteiger partial charge in [0.2, 0.25) is 8.32 Å². The van der Waals surface area contributed by atoms with Gasteiger partial charge < -0.3 is 4.43 Å². The van der Waals surface area contributed by atoms with Crippen molar-refractivity contribution in [3.63, 3.8) is 0 Å². The third-order valence-electron chi connectivity index (χ3n) is 4.68. The summed E-state index contributed by atoms with van der Waals surface area (Å²) < 4.78 is 7.58. The van der Waals surface area contributed by atoms with Crippen molar-refractivity contribution < 1.29 is 9.22 Å². The molecule has 2 nitrogen and oxygen atoms in total. The molecule has 0 N–H and O–H groups in total. The van der Waals surface area contributed by atoms with Crippen LogP contribution in [0.4, 0.5) is 0 Å². The lowest BCUT2D eigenvalue weighted by Crippen LogP contribution is -2.44. The van der Waals surface area contributed by atoms with E-state index in [9.17, 15) is 4.79 Å². The largest absolute Gasteiger partial charge is 0.543 e. The molecule has 0 atom stereocenters. The quantitative estimate of drug-likeness (QED) is 0.435. The molecule has 0 heterocycles. The first kappa shape index (κ1) is 18.9. The maximum Gasteiger partial charge on any atom is 0.250 e. The van der Waals surface area contributed by atoms with Crippen molar-refractivity contribution in [1.82, 2.24) is 0 Å². The fourth-order valence-electron chi connectivity index (χ4n) is 2.18. The van der Waals surface area contributed by atoms with Crippen LogP contribution >= 0.6 is 15.9 Å². The molecule has 0 aromatic heterocycles.